The fourth-order valence-corrected chi connectivity index (χ4v) is 9.70. The normalized spacial score (nSPS) is 14.5. The Morgan fingerprint density at radius 2 is 1.27 bits per heavy atom. The van der Waals surface area contributed by atoms with Crippen LogP contribution in [0.3, 0.4) is 0 Å². The second-order valence-electron chi connectivity index (χ2n) is 19.8. The first-order valence-electron chi connectivity index (χ1n) is 23.2. The van der Waals surface area contributed by atoms with Gasteiger partial charge in [0.15, 0.2) is 0 Å². The van der Waals surface area contributed by atoms with Crippen LogP contribution in [0.5, 0.6) is 11.5 Å². The quantitative estimate of drug-likeness (QED) is 0.130. The molecule has 6 aromatic carbocycles. The number of pyridine rings is 1. The topological polar surface area (TPSA) is 42.6 Å². The minimum atomic E-state index is -0.0364. The number of ether oxygens (including phenoxy) is 1. The van der Waals surface area contributed by atoms with Crippen LogP contribution in [0.2, 0.25) is 0 Å². The Hall–Kier alpha value is -6.46. The van der Waals surface area contributed by atoms with Crippen LogP contribution >= 0.6 is 0 Å². The average Bonchev–Trinajstić information content (AvgIpc) is 3.86. The van der Waals surface area contributed by atoms with E-state index >= 15 is 0 Å². The van der Waals surface area contributed by atoms with Gasteiger partial charge >= 0.3 is 0 Å². The Kier molecular flexibility index (Phi) is 11.5. The molecule has 0 radical (unpaired) electrons. The summed E-state index contributed by atoms with van der Waals surface area (Å²) in [5.41, 5.74) is 14.3. The SMILES string of the molecule is Cc1cc(Oc2cc(C3=N[C@H](C(c4ccccc4)c4ccccc4)CN3c3c(C(C)C)cccc3C(C)C)cc(C(C)C)c2)cc(-n2c3ccc(C(C)(C)C)cc3c3cccnc32)c1. The predicted octanol–water partition coefficient (Wildman–Crippen LogP) is 15.4. The Balaban J connectivity index is 1.19. The molecule has 0 N–H and O–H groups in total. The van der Waals surface area contributed by atoms with Crippen LogP contribution in [0.15, 0.2) is 157 Å². The maximum absolute atomic E-state index is 7.05. The van der Waals surface area contributed by atoms with Crippen LogP contribution in [0, 0.1) is 6.92 Å². The number of hydrogen-bond donors (Lipinski definition) is 0. The number of fused-ring (bicyclic) bond motifs is 3. The smallest absolute Gasteiger partial charge is 0.145 e. The van der Waals surface area contributed by atoms with Gasteiger partial charge in [0.25, 0.3) is 0 Å². The van der Waals surface area contributed by atoms with E-state index in [1.54, 1.807) is 0 Å². The minimum Gasteiger partial charge on any atom is -0.457 e. The van der Waals surface area contributed by atoms with Crippen molar-refractivity contribution in [2.45, 2.75) is 104 Å². The molecule has 1 aliphatic heterocycles. The number of para-hydroxylation sites is 1. The van der Waals surface area contributed by atoms with E-state index in [1.165, 1.54) is 44.5 Å². The van der Waals surface area contributed by atoms with Gasteiger partial charge in [0.2, 0.25) is 0 Å². The number of hydrogen-bond acceptors (Lipinski definition) is 4. The van der Waals surface area contributed by atoms with E-state index in [1.807, 2.05) is 12.3 Å². The van der Waals surface area contributed by atoms with E-state index in [4.69, 9.17) is 14.7 Å². The molecule has 1 aliphatic rings. The molecule has 8 aromatic rings. The molecule has 0 bridgehead atoms. The monoisotopic (exact) mass is 842 g/mol. The van der Waals surface area contributed by atoms with E-state index in [2.05, 4.69) is 218 Å². The molecule has 0 saturated heterocycles. The summed E-state index contributed by atoms with van der Waals surface area (Å²) in [6.45, 7) is 23.5. The van der Waals surface area contributed by atoms with Gasteiger partial charge in [0, 0.05) is 46.7 Å². The van der Waals surface area contributed by atoms with Crippen molar-refractivity contribution in [1.82, 2.24) is 9.55 Å². The number of aliphatic imine (C=N–C) groups is 1. The van der Waals surface area contributed by atoms with Gasteiger partial charge < -0.3 is 9.64 Å². The highest BCUT2D eigenvalue weighted by molar-refractivity contribution is 6.13. The second kappa shape index (κ2) is 17.3. The summed E-state index contributed by atoms with van der Waals surface area (Å²) >= 11 is 0. The third kappa shape index (κ3) is 8.25. The maximum atomic E-state index is 7.05. The molecule has 5 heteroatoms. The lowest BCUT2D eigenvalue weighted by Crippen LogP contribution is -2.33. The molecule has 1 atom stereocenters. The van der Waals surface area contributed by atoms with Crippen molar-refractivity contribution >= 4 is 33.5 Å². The van der Waals surface area contributed by atoms with Gasteiger partial charge in [-0.05, 0) is 124 Å². The molecule has 9 rings (SSSR count). The standard InChI is InChI=1S/C59H62N4O/c1-37(2)43-31-44(33-48(32-43)64-47-30-40(7)29-46(35-47)63-54-27-26-45(59(8,9)10)34-52(54)51-25-18-28-60-58(51)63)57-61-53(55(41-19-13-11-14-20-41)42-21-15-12-16-22-42)36-62(57)56-49(38(3)4)23-17-24-50(56)39(5)6/h11-35,37-39,53,55H,36H2,1-10H3/t53-/m0/s1. The zero-order valence-electron chi connectivity index (χ0n) is 39.2. The molecule has 0 aliphatic carbocycles. The molecule has 5 nitrogen and oxygen atoms in total. The number of benzene rings is 6. The van der Waals surface area contributed by atoms with Crippen LogP contribution in [-0.2, 0) is 5.41 Å². The lowest BCUT2D eigenvalue weighted by atomic mass is 9.85. The molecule has 0 unspecified atom stereocenters. The number of nitrogens with zero attached hydrogens (tertiary/aromatic N) is 4. The van der Waals surface area contributed by atoms with E-state index in [0.717, 1.165) is 57.2 Å². The van der Waals surface area contributed by atoms with Crippen LogP contribution in [0.4, 0.5) is 5.69 Å². The zero-order chi connectivity index (χ0) is 44.9. The van der Waals surface area contributed by atoms with Crippen molar-refractivity contribution in [2.75, 3.05) is 11.4 Å². The van der Waals surface area contributed by atoms with E-state index in [9.17, 15) is 0 Å². The fourth-order valence-electron chi connectivity index (χ4n) is 9.70. The van der Waals surface area contributed by atoms with Crippen LogP contribution in [-0.4, -0.2) is 28.0 Å². The molecular formula is C59H62N4O. The van der Waals surface area contributed by atoms with Gasteiger partial charge in [-0.1, -0.05) is 147 Å². The van der Waals surface area contributed by atoms with Gasteiger partial charge in [-0.3, -0.25) is 9.56 Å². The lowest BCUT2D eigenvalue weighted by Gasteiger charge is -2.31. The van der Waals surface area contributed by atoms with Crippen molar-refractivity contribution < 1.29 is 4.74 Å². The number of rotatable bonds is 11. The number of anilines is 1. The zero-order valence-corrected chi connectivity index (χ0v) is 39.2. The van der Waals surface area contributed by atoms with E-state index in [0.29, 0.717) is 11.8 Å². The van der Waals surface area contributed by atoms with Crippen LogP contribution in [0.1, 0.15) is 130 Å². The molecule has 0 fully saturated rings. The van der Waals surface area contributed by atoms with Crippen LogP contribution in [0.25, 0.3) is 27.6 Å². The molecular weight excluding hydrogens is 781 g/mol. The molecule has 0 amide bonds. The Morgan fingerprint density at radius 3 is 1.89 bits per heavy atom. The number of aromatic nitrogens is 2. The highest BCUT2D eigenvalue weighted by Gasteiger charge is 2.37. The first-order valence-corrected chi connectivity index (χ1v) is 23.2. The molecule has 2 aromatic heterocycles. The van der Waals surface area contributed by atoms with Gasteiger partial charge in [0.05, 0.1) is 17.2 Å². The molecule has 64 heavy (non-hydrogen) atoms. The average molecular weight is 843 g/mol. The van der Waals surface area contributed by atoms with Crippen molar-refractivity contribution in [3.8, 4) is 17.2 Å². The van der Waals surface area contributed by atoms with Gasteiger partial charge in [0.1, 0.15) is 23.0 Å². The Bertz CT molecular complexity index is 2920. The highest BCUT2D eigenvalue weighted by atomic mass is 16.5. The summed E-state index contributed by atoms with van der Waals surface area (Å²) in [6, 6.07) is 53.1. The number of aryl methyl sites for hydroxylation is 1. The fraction of sp³-hybridized carbons (Fsp3) is 0.288. The third-order valence-corrected chi connectivity index (χ3v) is 13.0. The third-order valence-electron chi connectivity index (χ3n) is 13.0. The van der Waals surface area contributed by atoms with Gasteiger partial charge in [-0.15, -0.1) is 0 Å². The molecule has 3 heterocycles. The molecule has 0 spiro atoms. The minimum absolute atomic E-state index is 0.0283. The maximum Gasteiger partial charge on any atom is 0.145 e. The van der Waals surface area contributed by atoms with Gasteiger partial charge in [-0.25, -0.2) is 4.98 Å². The van der Waals surface area contributed by atoms with Crippen molar-refractivity contribution in [2.24, 2.45) is 4.99 Å². The number of amidine groups is 1. The summed E-state index contributed by atoms with van der Waals surface area (Å²) in [7, 11) is 0. The first kappa shape index (κ1) is 42.8. The van der Waals surface area contributed by atoms with Gasteiger partial charge in [-0.2, -0.15) is 0 Å². The Morgan fingerprint density at radius 1 is 0.609 bits per heavy atom. The van der Waals surface area contributed by atoms with Crippen LogP contribution < -0.4 is 9.64 Å². The highest BCUT2D eigenvalue weighted by Crippen LogP contribution is 2.43. The largest absolute Gasteiger partial charge is 0.457 e. The molecule has 324 valence electrons. The Labute approximate surface area is 380 Å². The second-order valence-corrected chi connectivity index (χ2v) is 19.8. The first-order chi connectivity index (χ1) is 30.7. The summed E-state index contributed by atoms with van der Waals surface area (Å²) in [5.74, 6) is 3.55. The summed E-state index contributed by atoms with van der Waals surface area (Å²) in [5, 5.41) is 2.35. The predicted molar refractivity (Wildman–Crippen MR) is 270 cm³/mol. The summed E-state index contributed by atoms with van der Waals surface area (Å²) in [6.07, 6.45) is 1.89. The summed E-state index contributed by atoms with van der Waals surface area (Å²) in [4.78, 5) is 13.3. The van der Waals surface area contributed by atoms with Crippen molar-refractivity contribution in [1.29, 1.82) is 0 Å². The van der Waals surface area contributed by atoms with Crippen molar-refractivity contribution in [3.63, 3.8) is 0 Å². The molecule has 0 saturated carbocycles. The lowest BCUT2D eigenvalue weighted by molar-refractivity contribution is 0.481. The summed E-state index contributed by atoms with van der Waals surface area (Å²) < 4.78 is 9.33. The van der Waals surface area contributed by atoms with Crippen molar-refractivity contribution in [3.05, 3.63) is 196 Å². The van der Waals surface area contributed by atoms with E-state index < -0.39 is 0 Å². The van der Waals surface area contributed by atoms with E-state index in [-0.39, 0.29) is 23.3 Å².